The van der Waals surface area contributed by atoms with Crippen LogP contribution in [0.2, 0.25) is 0 Å². The first kappa shape index (κ1) is 12.8. The van der Waals surface area contributed by atoms with Gasteiger partial charge in [0.05, 0.1) is 12.5 Å². The highest BCUT2D eigenvalue weighted by Crippen LogP contribution is 2.37. The Morgan fingerprint density at radius 2 is 2.28 bits per heavy atom. The standard InChI is InChI=1S/C12H14O6/c1-7-3-4-12(18-7,6-16-8(2)13)9-5-10(14)17-11(9)15/h3-4,7,9H,5-6H2,1-2H3. The van der Waals surface area contributed by atoms with Crippen molar-refractivity contribution in [2.24, 2.45) is 5.92 Å². The molecular weight excluding hydrogens is 240 g/mol. The second-order valence-electron chi connectivity index (χ2n) is 4.47. The summed E-state index contributed by atoms with van der Waals surface area (Å²) in [5.74, 6) is -2.44. The van der Waals surface area contributed by atoms with Crippen molar-refractivity contribution < 1.29 is 28.6 Å². The normalized spacial score (nSPS) is 34.8. The molecule has 0 amide bonds. The molecule has 0 bridgehead atoms. The maximum absolute atomic E-state index is 11.6. The Morgan fingerprint density at radius 3 is 2.72 bits per heavy atom. The fourth-order valence-electron chi connectivity index (χ4n) is 2.17. The first-order chi connectivity index (χ1) is 8.43. The number of hydrogen-bond donors (Lipinski definition) is 0. The number of esters is 3. The summed E-state index contributed by atoms with van der Waals surface area (Å²) in [7, 11) is 0. The molecule has 6 heteroatoms. The average molecular weight is 254 g/mol. The van der Waals surface area contributed by atoms with E-state index < -0.39 is 29.4 Å². The van der Waals surface area contributed by atoms with Crippen molar-refractivity contribution in [2.45, 2.75) is 32.0 Å². The van der Waals surface area contributed by atoms with Gasteiger partial charge in [-0.1, -0.05) is 6.08 Å². The third-order valence-electron chi connectivity index (χ3n) is 3.02. The fraction of sp³-hybridized carbons (Fsp3) is 0.583. The van der Waals surface area contributed by atoms with E-state index in [1.165, 1.54) is 6.92 Å². The van der Waals surface area contributed by atoms with E-state index in [0.29, 0.717) is 0 Å². The predicted molar refractivity (Wildman–Crippen MR) is 58.3 cm³/mol. The number of carbonyl (C=O) groups excluding carboxylic acids is 3. The Morgan fingerprint density at radius 1 is 1.56 bits per heavy atom. The summed E-state index contributed by atoms with van der Waals surface area (Å²) >= 11 is 0. The summed E-state index contributed by atoms with van der Waals surface area (Å²) in [5.41, 5.74) is -1.09. The lowest BCUT2D eigenvalue weighted by atomic mass is 9.87. The van der Waals surface area contributed by atoms with Crippen LogP contribution in [-0.4, -0.2) is 36.2 Å². The minimum atomic E-state index is -1.09. The quantitative estimate of drug-likeness (QED) is 0.411. The van der Waals surface area contributed by atoms with Crippen LogP contribution in [0.25, 0.3) is 0 Å². The Kier molecular flexibility index (Phi) is 3.21. The Balaban J connectivity index is 2.20. The van der Waals surface area contributed by atoms with Crippen molar-refractivity contribution in [3.05, 3.63) is 12.2 Å². The first-order valence-electron chi connectivity index (χ1n) is 5.68. The number of ether oxygens (including phenoxy) is 3. The van der Waals surface area contributed by atoms with E-state index >= 15 is 0 Å². The summed E-state index contributed by atoms with van der Waals surface area (Å²) in [6.45, 7) is 2.97. The molecule has 18 heavy (non-hydrogen) atoms. The molecule has 0 aromatic heterocycles. The third kappa shape index (κ3) is 2.28. The lowest BCUT2D eigenvalue weighted by Gasteiger charge is -2.30. The zero-order valence-corrected chi connectivity index (χ0v) is 10.2. The van der Waals surface area contributed by atoms with Gasteiger partial charge in [-0.25, -0.2) is 0 Å². The molecule has 0 spiro atoms. The zero-order chi connectivity index (χ0) is 13.3. The van der Waals surface area contributed by atoms with Crippen molar-refractivity contribution in [1.29, 1.82) is 0 Å². The van der Waals surface area contributed by atoms with Crippen LogP contribution in [0.3, 0.4) is 0 Å². The number of carbonyl (C=O) groups is 3. The highest BCUT2D eigenvalue weighted by molar-refractivity contribution is 5.95. The highest BCUT2D eigenvalue weighted by Gasteiger charge is 2.52. The number of hydrogen-bond acceptors (Lipinski definition) is 6. The largest absolute Gasteiger partial charge is 0.462 e. The first-order valence-corrected chi connectivity index (χ1v) is 5.68. The topological polar surface area (TPSA) is 78.9 Å². The van der Waals surface area contributed by atoms with Crippen LogP contribution in [0.5, 0.6) is 0 Å². The molecule has 2 aliphatic rings. The van der Waals surface area contributed by atoms with Gasteiger partial charge in [-0.15, -0.1) is 0 Å². The summed E-state index contributed by atoms with van der Waals surface area (Å²) in [4.78, 5) is 33.7. The molecule has 1 saturated heterocycles. The Labute approximate surface area is 104 Å². The summed E-state index contributed by atoms with van der Waals surface area (Å²) in [6.07, 6.45) is 3.17. The molecule has 2 rings (SSSR count). The maximum Gasteiger partial charge on any atom is 0.320 e. The van der Waals surface area contributed by atoms with E-state index in [9.17, 15) is 14.4 Å². The molecule has 98 valence electrons. The van der Waals surface area contributed by atoms with Crippen LogP contribution >= 0.6 is 0 Å². The van der Waals surface area contributed by atoms with E-state index in [2.05, 4.69) is 4.74 Å². The molecule has 0 aromatic carbocycles. The zero-order valence-electron chi connectivity index (χ0n) is 10.2. The van der Waals surface area contributed by atoms with E-state index in [0.717, 1.165) is 0 Å². The summed E-state index contributed by atoms with van der Waals surface area (Å²) in [5, 5.41) is 0. The average Bonchev–Trinajstić information content (AvgIpc) is 2.80. The second-order valence-corrected chi connectivity index (χ2v) is 4.47. The van der Waals surface area contributed by atoms with Gasteiger partial charge in [0.15, 0.2) is 0 Å². The van der Waals surface area contributed by atoms with E-state index in [4.69, 9.17) is 9.47 Å². The molecule has 0 saturated carbocycles. The van der Waals surface area contributed by atoms with Gasteiger partial charge in [0.2, 0.25) is 0 Å². The minimum Gasteiger partial charge on any atom is -0.462 e. The van der Waals surface area contributed by atoms with Crippen molar-refractivity contribution in [3.63, 3.8) is 0 Å². The fourth-order valence-corrected chi connectivity index (χ4v) is 2.17. The molecule has 3 atom stereocenters. The molecular formula is C12H14O6. The van der Waals surface area contributed by atoms with Crippen LogP contribution in [0, 0.1) is 5.92 Å². The van der Waals surface area contributed by atoms with Gasteiger partial charge in [0.1, 0.15) is 18.1 Å². The lowest BCUT2D eigenvalue weighted by Crippen LogP contribution is -2.45. The van der Waals surface area contributed by atoms with E-state index in [1.807, 2.05) is 0 Å². The van der Waals surface area contributed by atoms with E-state index in [1.54, 1.807) is 19.1 Å². The third-order valence-corrected chi connectivity index (χ3v) is 3.02. The lowest BCUT2D eigenvalue weighted by molar-refractivity contribution is -0.164. The van der Waals surface area contributed by atoms with Gasteiger partial charge < -0.3 is 14.2 Å². The summed E-state index contributed by atoms with van der Waals surface area (Å²) in [6, 6.07) is 0. The SMILES string of the molecule is CC(=O)OCC1(C2CC(=O)OC2=O)C=CC(C)O1. The monoisotopic (exact) mass is 254 g/mol. The van der Waals surface area contributed by atoms with Gasteiger partial charge in [0.25, 0.3) is 0 Å². The molecule has 2 aliphatic heterocycles. The van der Waals surface area contributed by atoms with Crippen LogP contribution in [0.15, 0.2) is 12.2 Å². The molecule has 0 radical (unpaired) electrons. The molecule has 2 heterocycles. The molecule has 0 N–H and O–H groups in total. The Bertz CT molecular complexity index is 426. The maximum atomic E-state index is 11.6. The van der Waals surface area contributed by atoms with Crippen LogP contribution in [-0.2, 0) is 28.6 Å². The van der Waals surface area contributed by atoms with Gasteiger partial charge >= 0.3 is 17.9 Å². The van der Waals surface area contributed by atoms with Crippen LogP contribution in [0.4, 0.5) is 0 Å². The van der Waals surface area contributed by atoms with Gasteiger partial charge in [-0.05, 0) is 13.0 Å². The smallest absolute Gasteiger partial charge is 0.320 e. The predicted octanol–water partition coefficient (Wildman–Crippen LogP) is 0.353. The van der Waals surface area contributed by atoms with Gasteiger partial charge in [-0.3, -0.25) is 14.4 Å². The summed E-state index contributed by atoms with van der Waals surface area (Å²) < 4.78 is 15.1. The molecule has 6 nitrogen and oxygen atoms in total. The highest BCUT2D eigenvalue weighted by atomic mass is 16.6. The van der Waals surface area contributed by atoms with Crippen molar-refractivity contribution in [1.82, 2.24) is 0 Å². The van der Waals surface area contributed by atoms with Gasteiger partial charge in [0, 0.05) is 6.92 Å². The van der Waals surface area contributed by atoms with E-state index in [-0.39, 0.29) is 19.1 Å². The van der Waals surface area contributed by atoms with Crippen molar-refractivity contribution in [3.8, 4) is 0 Å². The number of cyclic esters (lactones) is 2. The molecule has 3 unspecified atom stereocenters. The Hall–Kier alpha value is -1.69. The minimum absolute atomic E-state index is 0.0584. The molecule has 0 aliphatic carbocycles. The number of rotatable bonds is 3. The molecule has 1 fully saturated rings. The second kappa shape index (κ2) is 4.53. The van der Waals surface area contributed by atoms with Crippen LogP contribution < -0.4 is 0 Å². The molecule has 0 aromatic rings. The van der Waals surface area contributed by atoms with Crippen molar-refractivity contribution in [2.75, 3.05) is 6.61 Å². The van der Waals surface area contributed by atoms with Crippen molar-refractivity contribution >= 4 is 17.9 Å². The van der Waals surface area contributed by atoms with Crippen LogP contribution in [0.1, 0.15) is 20.3 Å². The van der Waals surface area contributed by atoms with Gasteiger partial charge in [-0.2, -0.15) is 0 Å².